The van der Waals surface area contributed by atoms with Gasteiger partial charge >= 0.3 is 0 Å². The third-order valence-corrected chi connectivity index (χ3v) is 8.64. The van der Waals surface area contributed by atoms with E-state index in [0.29, 0.717) is 18.7 Å². The molecule has 0 unspecified atom stereocenters. The number of hydrogen-bond donors (Lipinski definition) is 1. The zero-order valence-electron chi connectivity index (χ0n) is 17.3. The zero-order chi connectivity index (χ0) is 22.8. The lowest BCUT2D eigenvalue weighted by Crippen LogP contribution is -2.35. The molecule has 0 radical (unpaired) electrons. The maximum Gasteiger partial charge on any atom is 0.253 e. The van der Waals surface area contributed by atoms with Crippen molar-refractivity contribution in [2.75, 3.05) is 19.3 Å². The first-order valence-corrected chi connectivity index (χ1v) is 13.6. The Hall–Kier alpha value is -1.94. The average Bonchev–Trinajstić information content (AvgIpc) is 2.74. The minimum absolute atomic E-state index is 0.0362. The second-order valence-corrected chi connectivity index (χ2v) is 12.0. The predicted molar refractivity (Wildman–Crippen MR) is 119 cm³/mol. The molecule has 2 aromatic carbocycles. The van der Waals surface area contributed by atoms with E-state index in [4.69, 9.17) is 11.6 Å². The molecule has 1 heterocycles. The Bertz CT molecular complexity index is 1170. The monoisotopic (exact) mass is 484 g/mol. The second-order valence-electron chi connectivity index (χ2n) is 7.64. The van der Waals surface area contributed by atoms with E-state index >= 15 is 0 Å². The van der Waals surface area contributed by atoms with Crippen LogP contribution < -0.4 is 5.32 Å². The second kappa shape index (κ2) is 9.28. The van der Waals surface area contributed by atoms with Gasteiger partial charge in [0.2, 0.25) is 10.0 Å². The molecule has 1 aliphatic rings. The summed E-state index contributed by atoms with van der Waals surface area (Å²) >= 11 is 6.19. The number of halogens is 1. The van der Waals surface area contributed by atoms with Crippen LogP contribution in [0.15, 0.2) is 52.3 Å². The number of sulfonamides is 1. The lowest BCUT2D eigenvalue weighted by atomic mass is 10.1. The summed E-state index contributed by atoms with van der Waals surface area (Å²) in [6, 6.07) is 9.90. The smallest absolute Gasteiger partial charge is 0.253 e. The maximum absolute atomic E-state index is 12.9. The third-order valence-electron chi connectivity index (χ3n) is 5.29. The molecule has 0 spiro atoms. The van der Waals surface area contributed by atoms with E-state index in [1.54, 1.807) is 19.1 Å². The van der Waals surface area contributed by atoms with Crippen molar-refractivity contribution in [1.82, 2.24) is 9.62 Å². The molecule has 1 aliphatic heterocycles. The van der Waals surface area contributed by atoms with Gasteiger partial charge in [0, 0.05) is 19.3 Å². The van der Waals surface area contributed by atoms with E-state index in [1.165, 1.54) is 34.6 Å². The Balaban J connectivity index is 1.80. The highest BCUT2D eigenvalue weighted by Crippen LogP contribution is 2.26. The standard InChI is InChI=1S/C21H25ClN2O5S2/c1-15(16-6-8-17(9-7-16)30(2,26)27)23-21(25)19-14-18(10-11-20(19)22)31(28,29)24-12-4-3-5-13-24/h6-11,14-15H,3-5,12-13H2,1-2H3,(H,23,25)/t15-/m1/s1. The van der Waals surface area contributed by atoms with E-state index in [1.807, 2.05) is 0 Å². The number of benzene rings is 2. The van der Waals surface area contributed by atoms with Gasteiger partial charge in [-0.3, -0.25) is 4.79 Å². The summed E-state index contributed by atoms with van der Waals surface area (Å²) in [5.74, 6) is -0.514. The first-order valence-electron chi connectivity index (χ1n) is 9.91. The Morgan fingerprint density at radius 2 is 1.55 bits per heavy atom. The lowest BCUT2D eigenvalue weighted by Gasteiger charge is -2.26. The average molecular weight is 485 g/mol. The Kier molecular flexibility index (Phi) is 7.10. The minimum atomic E-state index is -3.70. The summed E-state index contributed by atoms with van der Waals surface area (Å²) in [6.45, 7) is 2.68. The van der Waals surface area contributed by atoms with Gasteiger partial charge in [-0.15, -0.1) is 0 Å². The molecular weight excluding hydrogens is 460 g/mol. The van der Waals surface area contributed by atoms with E-state index < -0.39 is 31.8 Å². The van der Waals surface area contributed by atoms with E-state index in [0.717, 1.165) is 25.5 Å². The molecule has 0 bridgehead atoms. The van der Waals surface area contributed by atoms with Gasteiger partial charge in [-0.2, -0.15) is 4.31 Å². The summed E-state index contributed by atoms with van der Waals surface area (Å²) in [7, 11) is -7.01. The summed E-state index contributed by atoms with van der Waals surface area (Å²) in [5.41, 5.74) is 0.772. The fourth-order valence-electron chi connectivity index (χ4n) is 3.45. The van der Waals surface area contributed by atoms with Gasteiger partial charge in [0.25, 0.3) is 5.91 Å². The SMILES string of the molecule is C[C@@H](NC(=O)c1cc(S(=O)(=O)N2CCCCC2)ccc1Cl)c1ccc(S(C)(=O)=O)cc1. The van der Waals surface area contributed by atoms with Crippen molar-refractivity contribution >= 4 is 37.4 Å². The van der Waals surface area contributed by atoms with Crippen molar-refractivity contribution < 1.29 is 21.6 Å². The lowest BCUT2D eigenvalue weighted by molar-refractivity contribution is 0.0939. The summed E-state index contributed by atoms with van der Waals surface area (Å²) in [4.78, 5) is 13.1. The number of amides is 1. The highest BCUT2D eigenvalue weighted by molar-refractivity contribution is 7.90. The molecule has 1 fully saturated rings. The summed E-state index contributed by atoms with van der Waals surface area (Å²) in [5, 5.41) is 2.94. The van der Waals surface area contributed by atoms with Crippen molar-refractivity contribution in [2.45, 2.75) is 42.0 Å². The number of hydrogen-bond acceptors (Lipinski definition) is 5. The molecule has 168 valence electrons. The Morgan fingerprint density at radius 1 is 0.968 bits per heavy atom. The van der Waals surface area contributed by atoms with Gasteiger partial charge in [-0.25, -0.2) is 16.8 Å². The number of rotatable bonds is 6. The van der Waals surface area contributed by atoms with Crippen LogP contribution in [0.25, 0.3) is 0 Å². The molecule has 0 saturated carbocycles. The number of nitrogens with zero attached hydrogens (tertiary/aromatic N) is 1. The third kappa shape index (κ3) is 5.46. The number of piperidine rings is 1. The van der Waals surface area contributed by atoms with Crippen LogP contribution >= 0.6 is 11.6 Å². The molecule has 31 heavy (non-hydrogen) atoms. The van der Waals surface area contributed by atoms with Crippen LogP contribution in [-0.4, -0.2) is 46.4 Å². The molecule has 0 aromatic heterocycles. The molecule has 1 amide bonds. The van der Waals surface area contributed by atoms with Crippen LogP contribution in [0.5, 0.6) is 0 Å². The fraction of sp³-hybridized carbons (Fsp3) is 0.381. The van der Waals surface area contributed by atoms with E-state index in [2.05, 4.69) is 5.32 Å². The molecule has 10 heteroatoms. The van der Waals surface area contributed by atoms with Gasteiger partial charge in [-0.05, 0) is 55.7 Å². The largest absolute Gasteiger partial charge is 0.345 e. The number of sulfone groups is 1. The molecule has 1 saturated heterocycles. The first-order chi connectivity index (χ1) is 14.5. The summed E-state index contributed by atoms with van der Waals surface area (Å²) in [6.07, 6.45) is 3.76. The topological polar surface area (TPSA) is 101 Å². The van der Waals surface area contributed by atoms with Crippen LogP contribution in [0.3, 0.4) is 0 Å². The quantitative estimate of drug-likeness (QED) is 0.677. The molecule has 2 aromatic rings. The van der Waals surface area contributed by atoms with Crippen LogP contribution in [-0.2, 0) is 19.9 Å². The molecule has 3 rings (SSSR count). The molecular formula is C21H25ClN2O5S2. The van der Waals surface area contributed by atoms with Gasteiger partial charge in [-0.1, -0.05) is 30.2 Å². The Labute approximate surface area is 188 Å². The molecule has 1 atom stereocenters. The van der Waals surface area contributed by atoms with E-state index in [-0.39, 0.29) is 20.4 Å². The summed E-state index contributed by atoms with van der Waals surface area (Å²) < 4.78 is 50.5. The van der Waals surface area contributed by atoms with Crippen LogP contribution in [0.4, 0.5) is 0 Å². The van der Waals surface area contributed by atoms with Crippen LogP contribution in [0, 0.1) is 0 Å². The number of nitrogens with one attached hydrogen (secondary N) is 1. The van der Waals surface area contributed by atoms with Gasteiger partial charge in [0.1, 0.15) is 0 Å². The Morgan fingerprint density at radius 3 is 2.13 bits per heavy atom. The predicted octanol–water partition coefficient (Wildman–Crippen LogP) is 3.41. The first kappa shape index (κ1) is 23.7. The number of carbonyl (C=O) groups is 1. The normalized spacial score (nSPS) is 16.6. The van der Waals surface area contributed by atoms with Crippen molar-refractivity contribution in [3.05, 3.63) is 58.6 Å². The van der Waals surface area contributed by atoms with Crippen molar-refractivity contribution in [3.8, 4) is 0 Å². The molecule has 7 nitrogen and oxygen atoms in total. The maximum atomic E-state index is 12.9. The van der Waals surface area contributed by atoms with Gasteiger partial charge in [0.15, 0.2) is 9.84 Å². The van der Waals surface area contributed by atoms with Crippen LogP contribution in [0.1, 0.15) is 48.1 Å². The molecule has 0 aliphatic carbocycles. The van der Waals surface area contributed by atoms with Crippen molar-refractivity contribution in [3.63, 3.8) is 0 Å². The van der Waals surface area contributed by atoms with Gasteiger partial charge in [0.05, 0.1) is 26.4 Å². The highest BCUT2D eigenvalue weighted by atomic mass is 35.5. The minimum Gasteiger partial charge on any atom is -0.345 e. The van der Waals surface area contributed by atoms with Crippen LogP contribution in [0.2, 0.25) is 5.02 Å². The zero-order valence-corrected chi connectivity index (χ0v) is 19.7. The fourth-order valence-corrected chi connectivity index (χ4v) is 5.83. The highest BCUT2D eigenvalue weighted by Gasteiger charge is 2.27. The van der Waals surface area contributed by atoms with Crippen molar-refractivity contribution in [2.24, 2.45) is 0 Å². The van der Waals surface area contributed by atoms with E-state index in [9.17, 15) is 21.6 Å². The number of carbonyl (C=O) groups excluding carboxylic acids is 1. The van der Waals surface area contributed by atoms with Gasteiger partial charge < -0.3 is 5.32 Å². The van der Waals surface area contributed by atoms with Crippen molar-refractivity contribution in [1.29, 1.82) is 0 Å². The molecule has 1 N–H and O–H groups in total.